The molecule has 0 spiro atoms. The minimum absolute atomic E-state index is 0.505. The van der Waals surface area contributed by atoms with E-state index in [4.69, 9.17) is 0 Å². The summed E-state index contributed by atoms with van der Waals surface area (Å²) in [5.41, 5.74) is 1.02. The summed E-state index contributed by atoms with van der Waals surface area (Å²) in [7, 11) is 0. The normalized spacial score (nSPS) is 56.4. The van der Waals surface area contributed by atoms with Gasteiger partial charge >= 0.3 is 0 Å². The van der Waals surface area contributed by atoms with E-state index in [-0.39, 0.29) is 0 Å². The molecule has 0 aromatic carbocycles. The number of hydrogen-bond acceptors (Lipinski definition) is 2. The molecule has 0 aromatic heterocycles. The molecule has 2 heteroatoms. The fraction of sp³-hybridized carbons (Fsp3) is 1.00. The van der Waals surface area contributed by atoms with Crippen molar-refractivity contribution < 1.29 is 0 Å². The third kappa shape index (κ3) is 3.37. The van der Waals surface area contributed by atoms with Crippen LogP contribution in [0.25, 0.3) is 0 Å². The highest BCUT2D eigenvalue weighted by Crippen LogP contribution is 2.67. The molecule has 14 unspecified atom stereocenters. The van der Waals surface area contributed by atoms with Gasteiger partial charge in [0.05, 0.1) is 0 Å². The largest absolute Gasteiger partial charge is 0.294 e. The summed E-state index contributed by atoms with van der Waals surface area (Å²) in [6.45, 7) is 13.2. The van der Waals surface area contributed by atoms with E-state index < -0.39 is 0 Å². The van der Waals surface area contributed by atoms with Gasteiger partial charge in [0.1, 0.15) is 0 Å². The number of nitrogens with zero attached hydrogens (tertiary/aromatic N) is 2. The molecule has 0 radical (unpaired) electrons. The van der Waals surface area contributed by atoms with Gasteiger partial charge in [0, 0.05) is 23.2 Å². The maximum atomic E-state index is 3.02. The molecule has 0 bridgehead atoms. The molecule has 10 aliphatic rings. The highest BCUT2D eigenvalue weighted by molar-refractivity contribution is 5.18. The van der Waals surface area contributed by atoms with Crippen LogP contribution < -0.4 is 0 Å². The highest BCUT2D eigenvalue weighted by Gasteiger charge is 2.67. The SMILES string of the molecule is CC1(C)C2CCC3C4CCCCC4C4CCCN1C4C32.CC1(C)C2CCCC3C4CCCC4C4CCCN1C4C32. The van der Waals surface area contributed by atoms with E-state index in [0.717, 1.165) is 83.1 Å². The number of piperidine rings is 2. The Bertz CT molecular complexity index is 948. The zero-order chi connectivity index (χ0) is 27.0. The first-order valence-electron chi connectivity index (χ1n) is 18.9. The Morgan fingerprint density at radius 2 is 0.775 bits per heavy atom. The minimum atomic E-state index is 0.505. The highest BCUT2D eigenvalue weighted by atomic mass is 15.3. The number of fused-ring (bicyclic) bond motifs is 6. The van der Waals surface area contributed by atoms with Crippen LogP contribution in [0.5, 0.6) is 0 Å². The van der Waals surface area contributed by atoms with Gasteiger partial charge in [-0.1, -0.05) is 25.7 Å². The molecule has 40 heavy (non-hydrogen) atoms. The molecule has 0 N–H and O–H groups in total. The van der Waals surface area contributed by atoms with E-state index in [1.807, 2.05) is 0 Å². The molecule has 4 heterocycles. The predicted molar refractivity (Wildman–Crippen MR) is 165 cm³/mol. The average Bonchev–Trinajstić information content (AvgIpc) is 3.73. The molecule has 6 saturated carbocycles. The van der Waals surface area contributed by atoms with Crippen molar-refractivity contribution in [2.24, 2.45) is 71.0 Å². The molecule has 0 aromatic rings. The van der Waals surface area contributed by atoms with Gasteiger partial charge in [-0.15, -0.1) is 0 Å². The van der Waals surface area contributed by atoms with Crippen molar-refractivity contribution in [1.82, 2.24) is 9.80 Å². The maximum absolute atomic E-state index is 3.02. The van der Waals surface area contributed by atoms with Gasteiger partial charge in [0.15, 0.2) is 0 Å². The van der Waals surface area contributed by atoms with E-state index in [9.17, 15) is 0 Å². The zero-order valence-electron chi connectivity index (χ0n) is 26.7. The number of rotatable bonds is 0. The fourth-order valence-electron chi connectivity index (χ4n) is 16.1. The van der Waals surface area contributed by atoms with Crippen LogP contribution in [-0.4, -0.2) is 46.1 Å². The van der Waals surface area contributed by atoms with E-state index >= 15 is 0 Å². The Hall–Kier alpha value is -0.0800. The third-order valence-corrected chi connectivity index (χ3v) is 17.0. The molecule has 224 valence electrons. The zero-order valence-corrected chi connectivity index (χ0v) is 26.7. The van der Waals surface area contributed by atoms with Gasteiger partial charge in [-0.3, -0.25) is 9.80 Å². The first-order valence-corrected chi connectivity index (χ1v) is 18.9. The summed E-state index contributed by atoms with van der Waals surface area (Å²) >= 11 is 0. The van der Waals surface area contributed by atoms with E-state index in [2.05, 4.69) is 37.5 Å². The van der Waals surface area contributed by atoms with Gasteiger partial charge in [-0.2, -0.15) is 0 Å². The molecule has 4 aliphatic heterocycles. The molecule has 14 atom stereocenters. The second kappa shape index (κ2) is 9.22. The molecule has 0 amide bonds. The summed E-state index contributed by atoms with van der Waals surface area (Å²) in [4.78, 5) is 6.02. The van der Waals surface area contributed by atoms with Gasteiger partial charge in [0.2, 0.25) is 0 Å². The Morgan fingerprint density at radius 1 is 0.375 bits per heavy atom. The second-order valence-corrected chi connectivity index (χ2v) is 18.4. The lowest BCUT2D eigenvalue weighted by Crippen LogP contribution is -2.57. The van der Waals surface area contributed by atoms with Crippen molar-refractivity contribution in [2.75, 3.05) is 13.1 Å². The summed E-state index contributed by atoms with van der Waals surface area (Å²) in [6.07, 6.45) is 24.8. The smallest absolute Gasteiger partial charge is 0.0187 e. The lowest BCUT2D eigenvalue weighted by molar-refractivity contribution is -0.0645. The van der Waals surface area contributed by atoms with Crippen LogP contribution in [-0.2, 0) is 0 Å². The van der Waals surface area contributed by atoms with Crippen molar-refractivity contribution in [3.05, 3.63) is 0 Å². The van der Waals surface area contributed by atoms with Gasteiger partial charge < -0.3 is 0 Å². The van der Waals surface area contributed by atoms with Crippen molar-refractivity contribution in [3.63, 3.8) is 0 Å². The van der Waals surface area contributed by atoms with Crippen LogP contribution in [0.3, 0.4) is 0 Å². The van der Waals surface area contributed by atoms with Crippen LogP contribution in [0.4, 0.5) is 0 Å². The van der Waals surface area contributed by atoms with Crippen LogP contribution >= 0.6 is 0 Å². The summed E-state index contributed by atoms with van der Waals surface area (Å²) in [6, 6.07) is 1.99. The van der Waals surface area contributed by atoms with Crippen LogP contribution in [0.15, 0.2) is 0 Å². The van der Waals surface area contributed by atoms with Crippen LogP contribution in [0.2, 0.25) is 0 Å². The standard InChI is InChI=1S/2C19H31N/c1-19(2)16-10-4-8-14-12-6-3-7-13(12)15-9-5-11-20(19)18(15)17(14)16;1-19(2)16-10-9-14-12-6-3-4-7-13(12)15-8-5-11-20(19)18(15)17(14)16/h2*12-18H,3-11H2,1-2H3. The molecular weight excluding hydrogens is 484 g/mol. The molecule has 4 saturated heterocycles. The maximum Gasteiger partial charge on any atom is 0.0187 e. The monoisotopic (exact) mass is 546 g/mol. The Morgan fingerprint density at radius 3 is 1.35 bits per heavy atom. The first-order chi connectivity index (χ1) is 19.4. The van der Waals surface area contributed by atoms with Gasteiger partial charge in [-0.25, -0.2) is 0 Å². The molecule has 10 rings (SSSR count). The summed E-state index contributed by atoms with van der Waals surface area (Å²) in [5, 5.41) is 0. The van der Waals surface area contributed by atoms with Gasteiger partial charge in [-0.05, 0) is 189 Å². The van der Waals surface area contributed by atoms with Crippen LogP contribution in [0, 0.1) is 71.0 Å². The van der Waals surface area contributed by atoms with E-state index in [1.165, 1.54) is 45.2 Å². The minimum Gasteiger partial charge on any atom is -0.294 e. The van der Waals surface area contributed by atoms with E-state index in [1.54, 1.807) is 70.6 Å². The predicted octanol–water partition coefficient (Wildman–Crippen LogP) is 8.64. The molecular formula is C38H62N2. The van der Waals surface area contributed by atoms with Crippen LogP contribution in [0.1, 0.15) is 130 Å². The van der Waals surface area contributed by atoms with Crippen molar-refractivity contribution in [1.29, 1.82) is 0 Å². The second-order valence-electron chi connectivity index (χ2n) is 18.4. The molecule has 10 fully saturated rings. The summed E-state index contributed by atoms with van der Waals surface area (Å²) in [5.74, 6) is 13.1. The van der Waals surface area contributed by atoms with Crippen molar-refractivity contribution in [3.8, 4) is 0 Å². The average molecular weight is 547 g/mol. The molecule has 2 nitrogen and oxygen atoms in total. The molecule has 6 aliphatic carbocycles. The van der Waals surface area contributed by atoms with Gasteiger partial charge in [0.25, 0.3) is 0 Å². The quantitative estimate of drug-likeness (QED) is 0.300. The summed E-state index contributed by atoms with van der Waals surface area (Å²) < 4.78 is 0. The Kier molecular flexibility index (Phi) is 6.07. The first kappa shape index (κ1) is 26.3. The third-order valence-electron chi connectivity index (χ3n) is 17.0. The Balaban J connectivity index is 0.000000115. The topological polar surface area (TPSA) is 6.48 Å². The van der Waals surface area contributed by atoms with E-state index in [0.29, 0.717) is 11.1 Å². The lowest BCUT2D eigenvalue weighted by atomic mass is 9.53. The lowest BCUT2D eigenvalue weighted by Gasteiger charge is -2.55. The number of hydrogen-bond donors (Lipinski definition) is 0. The van der Waals surface area contributed by atoms with Crippen molar-refractivity contribution >= 4 is 0 Å². The van der Waals surface area contributed by atoms with Crippen molar-refractivity contribution in [2.45, 2.75) is 154 Å². The fourth-order valence-corrected chi connectivity index (χ4v) is 16.1. The Labute approximate surface area is 247 Å².